The third kappa shape index (κ3) is 3.65. The van der Waals surface area contributed by atoms with Gasteiger partial charge >= 0.3 is 5.97 Å². The molecule has 0 unspecified atom stereocenters. The van der Waals surface area contributed by atoms with E-state index in [-0.39, 0.29) is 23.1 Å². The maximum atomic E-state index is 12.0. The van der Waals surface area contributed by atoms with Gasteiger partial charge in [-0.05, 0) is 53.6 Å². The number of nitrogens with two attached hydrogens (primary N) is 2. The van der Waals surface area contributed by atoms with Gasteiger partial charge in [-0.15, -0.1) is 0 Å². The summed E-state index contributed by atoms with van der Waals surface area (Å²) in [7, 11) is 0. The molecule has 5 rings (SSSR count). The van der Waals surface area contributed by atoms with E-state index in [0.717, 1.165) is 19.3 Å². The average molecular weight is 450 g/mol. The van der Waals surface area contributed by atoms with Crippen molar-refractivity contribution in [2.75, 3.05) is 23.7 Å². The Morgan fingerprint density at radius 3 is 2.62 bits per heavy atom. The number of aromatic carboxylic acids is 1. The number of carbonyl (C=O) groups is 1. The van der Waals surface area contributed by atoms with Gasteiger partial charge < -0.3 is 21.5 Å². The number of piperidine rings is 1. The van der Waals surface area contributed by atoms with Gasteiger partial charge in [0, 0.05) is 25.3 Å². The van der Waals surface area contributed by atoms with Gasteiger partial charge in [-0.1, -0.05) is 24.3 Å². The normalized spacial score (nSPS) is 19.2. The number of carboxylic acid groups (broad SMARTS) is 1. The Kier molecular flexibility index (Phi) is 5.18. The van der Waals surface area contributed by atoms with E-state index in [1.807, 2.05) is 11.0 Å². The predicted octanol–water partition coefficient (Wildman–Crippen LogP) is 2.54. The molecule has 0 saturated carbocycles. The molecule has 1 fully saturated rings. The van der Waals surface area contributed by atoms with Crippen molar-refractivity contribution in [3.05, 3.63) is 59.5 Å². The third-order valence-corrected chi connectivity index (χ3v) is 7.28. The Hall–Kier alpha value is -3.24. The van der Waals surface area contributed by atoms with E-state index in [4.69, 9.17) is 11.5 Å². The highest BCUT2D eigenvalue weighted by atomic mass is 32.2. The fourth-order valence-electron chi connectivity index (χ4n) is 4.78. The maximum Gasteiger partial charge on any atom is 0.358 e. The van der Waals surface area contributed by atoms with Crippen molar-refractivity contribution in [3.63, 3.8) is 0 Å². The van der Waals surface area contributed by atoms with Crippen LogP contribution in [0.4, 0.5) is 11.8 Å². The van der Waals surface area contributed by atoms with E-state index in [0.29, 0.717) is 29.0 Å². The molecule has 2 aliphatic rings. The highest BCUT2D eigenvalue weighted by Gasteiger charge is 2.46. The molecule has 0 radical (unpaired) electrons. The number of carboxylic acids is 1. The number of benzene rings is 1. The van der Waals surface area contributed by atoms with E-state index in [1.165, 1.54) is 22.9 Å². The number of nitrogen functional groups attached to an aromatic ring is 1. The van der Waals surface area contributed by atoms with Crippen LogP contribution in [0.25, 0.3) is 0 Å². The molecular formula is C22H23N7O2S. The van der Waals surface area contributed by atoms with Crippen LogP contribution < -0.4 is 16.4 Å². The lowest BCUT2D eigenvalue weighted by Gasteiger charge is -2.42. The molecule has 1 aliphatic heterocycles. The standard InChI is InChI=1S/C22H23N7O2S/c23-18-14-4-2-1-3-13(14)11-22(18)6-9-29(10-7-22)19-17(20(30)31)27-16(12-26-19)32-15-5-8-25-21(24)28-15/h1-5,8,12,18H,6-7,9-11,23H2,(H,30,31)(H2,24,25,28)/t18-/m1/s1. The first-order valence-corrected chi connectivity index (χ1v) is 11.2. The van der Waals surface area contributed by atoms with Gasteiger partial charge in [0.25, 0.3) is 0 Å². The molecule has 1 atom stereocenters. The summed E-state index contributed by atoms with van der Waals surface area (Å²) >= 11 is 1.19. The van der Waals surface area contributed by atoms with Crippen LogP contribution in [0.3, 0.4) is 0 Å². The van der Waals surface area contributed by atoms with E-state index in [1.54, 1.807) is 18.5 Å². The molecule has 0 bridgehead atoms. The van der Waals surface area contributed by atoms with Crippen molar-refractivity contribution in [3.8, 4) is 0 Å². The first-order chi connectivity index (χ1) is 15.4. The van der Waals surface area contributed by atoms with Crippen LogP contribution in [-0.4, -0.2) is 44.1 Å². The molecule has 9 nitrogen and oxygen atoms in total. The highest BCUT2D eigenvalue weighted by Crippen LogP contribution is 2.51. The number of hydrogen-bond acceptors (Lipinski definition) is 9. The third-order valence-electron chi connectivity index (χ3n) is 6.44. The molecule has 0 amide bonds. The monoisotopic (exact) mass is 449 g/mol. The topological polar surface area (TPSA) is 144 Å². The fourth-order valence-corrected chi connectivity index (χ4v) is 5.51. The summed E-state index contributed by atoms with van der Waals surface area (Å²) in [4.78, 5) is 30.8. The number of rotatable bonds is 4. The average Bonchev–Trinajstić information content (AvgIpc) is 3.06. The summed E-state index contributed by atoms with van der Waals surface area (Å²) in [5.74, 6) is -0.571. The molecule has 2 aromatic heterocycles. The number of hydrogen-bond donors (Lipinski definition) is 3. The van der Waals surface area contributed by atoms with Crippen LogP contribution in [-0.2, 0) is 6.42 Å². The maximum absolute atomic E-state index is 12.0. The smallest absolute Gasteiger partial charge is 0.358 e. The lowest BCUT2D eigenvalue weighted by molar-refractivity contribution is 0.0689. The molecule has 1 aliphatic carbocycles. The Morgan fingerprint density at radius 1 is 1.12 bits per heavy atom. The largest absolute Gasteiger partial charge is 0.476 e. The summed E-state index contributed by atoms with van der Waals surface area (Å²) in [6.45, 7) is 1.37. The van der Waals surface area contributed by atoms with Gasteiger partial charge in [0.05, 0.1) is 6.20 Å². The van der Waals surface area contributed by atoms with Gasteiger partial charge in [0.1, 0.15) is 10.1 Å². The molecular weight excluding hydrogens is 426 g/mol. The minimum atomic E-state index is -1.11. The Labute approximate surface area is 189 Å². The van der Waals surface area contributed by atoms with E-state index in [2.05, 4.69) is 38.1 Å². The zero-order chi connectivity index (χ0) is 22.3. The minimum absolute atomic E-state index is 0.00459. The van der Waals surface area contributed by atoms with Crippen molar-refractivity contribution < 1.29 is 9.90 Å². The van der Waals surface area contributed by atoms with Crippen molar-refractivity contribution >= 4 is 29.5 Å². The van der Waals surface area contributed by atoms with Crippen LogP contribution in [0.2, 0.25) is 0 Å². The number of fused-ring (bicyclic) bond motifs is 1. The Balaban J connectivity index is 1.35. The molecule has 164 valence electrons. The van der Waals surface area contributed by atoms with Gasteiger partial charge in [0.2, 0.25) is 5.95 Å². The summed E-state index contributed by atoms with van der Waals surface area (Å²) in [6.07, 6.45) is 5.83. The fraction of sp³-hybridized carbons (Fsp3) is 0.318. The first-order valence-electron chi connectivity index (χ1n) is 10.4. The van der Waals surface area contributed by atoms with Crippen molar-refractivity contribution in [1.29, 1.82) is 0 Å². The zero-order valence-corrected chi connectivity index (χ0v) is 18.1. The van der Waals surface area contributed by atoms with Gasteiger partial charge in [-0.2, -0.15) is 0 Å². The summed E-state index contributed by atoms with van der Waals surface area (Å²) in [5.41, 5.74) is 14.8. The van der Waals surface area contributed by atoms with Crippen LogP contribution in [0.1, 0.15) is 40.5 Å². The lowest BCUT2D eigenvalue weighted by atomic mass is 9.73. The second-order valence-corrected chi connectivity index (χ2v) is 9.28. The number of aromatic nitrogens is 4. The quantitative estimate of drug-likeness (QED) is 0.508. The van der Waals surface area contributed by atoms with Crippen molar-refractivity contribution in [2.24, 2.45) is 11.1 Å². The van der Waals surface area contributed by atoms with Gasteiger partial charge in [-0.25, -0.2) is 24.7 Å². The van der Waals surface area contributed by atoms with Crippen molar-refractivity contribution in [1.82, 2.24) is 19.9 Å². The Bertz CT molecular complexity index is 1180. The second-order valence-electron chi connectivity index (χ2n) is 8.24. The van der Waals surface area contributed by atoms with E-state index in [9.17, 15) is 9.90 Å². The summed E-state index contributed by atoms with van der Waals surface area (Å²) < 4.78 is 0. The van der Waals surface area contributed by atoms with E-state index >= 15 is 0 Å². The predicted molar refractivity (Wildman–Crippen MR) is 121 cm³/mol. The Morgan fingerprint density at radius 2 is 1.91 bits per heavy atom. The molecule has 3 aromatic rings. The van der Waals surface area contributed by atoms with Crippen molar-refractivity contribution in [2.45, 2.75) is 35.4 Å². The van der Waals surface area contributed by atoms with Crippen LogP contribution in [0, 0.1) is 5.41 Å². The van der Waals surface area contributed by atoms with Crippen LogP contribution in [0.5, 0.6) is 0 Å². The van der Waals surface area contributed by atoms with Gasteiger partial charge in [0.15, 0.2) is 11.5 Å². The molecule has 3 heterocycles. The number of nitrogens with zero attached hydrogens (tertiary/aromatic N) is 5. The lowest BCUT2D eigenvalue weighted by Crippen LogP contribution is -2.45. The zero-order valence-electron chi connectivity index (χ0n) is 17.3. The van der Waals surface area contributed by atoms with Crippen LogP contribution >= 0.6 is 11.8 Å². The van der Waals surface area contributed by atoms with Crippen LogP contribution in [0.15, 0.2) is 52.8 Å². The van der Waals surface area contributed by atoms with E-state index < -0.39 is 5.97 Å². The molecule has 1 spiro atoms. The first kappa shape index (κ1) is 20.7. The molecule has 10 heteroatoms. The summed E-state index contributed by atoms with van der Waals surface area (Å²) in [6, 6.07) is 10.1. The molecule has 32 heavy (non-hydrogen) atoms. The molecule has 5 N–H and O–H groups in total. The van der Waals surface area contributed by atoms with Gasteiger partial charge in [-0.3, -0.25) is 0 Å². The molecule has 1 saturated heterocycles. The number of anilines is 2. The minimum Gasteiger partial charge on any atom is -0.476 e. The SMILES string of the molecule is Nc1nccc(Sc2cnc(N3CCC4(CC3)Cc3ccccc3[C@H]4N)c(C(=O)O)n2)n1. The molecule has 1 aromatic carbocycles. The summed E-state index contributed by atoms with van der Waals surface area (Å²) in [5, 5.41) is 10.8. The highest BCUT2D eigenvalue weighted by molar-refractivity contribution is 7.99. The second kappa shape index (κ2) is 8.03.